The van der Waals surface area contributed by atoms with Crippen molar-refractivity contribution in [3.63, 3.8) is 0 Å². The van der Waals surface area contributed by atoms with Crippen molar-refractivity contribution < 1.29 is 18.9 Å². The standard InChI is InChI=1S/C17H14N4O5S/c1-25-14-7-5-12(6-8-14)18-15(22)10-27-17-20-19-16(26-17)11-3-2-4-13(9-11)21(23)24/h2-9H,10H2,1H3,(H,18,22). The smallest absolute Gasteiger partial charge is 0.277 e. The number of carbonyl (C=O) groups is 1. The number of ether oxygens (including phenoxy) is 1. The van der Waals surface area contributed by atoms with Crippen LogP contribution in [0.3, 0.4) is 0 Å². The van der Waals surface area contributed by atoms with Crippen LogP contribution < -0.4 is 10.1 Å². The van der Waals surface area contributed by atoms with Gasteiger partial charge in [0.25, 0.3) is 10.9 Å². The average Bonchev–Trinajstić information content (AvgIpc) is 3.16. The third-order valence-corrected chi connectivity index (χ3v) is 4.23. The third-order valence-electron chi connectivity index (χ3n) is 3.41. The molecule has 0 aliphatic carbocycles. The van der Waals surface area contributed by atoms with Gasteiger partial charge < -0.3 is 14.5 Å². The third kappa shape index (κ3) is 4.82. The lowest BCUT2D eigenvalue weighted by Crippen LogP contribution is -2.13. The maximum atomic E-state index is 12.0. The monoisotopic (exact) mass is 386 g/mol. The van der Waals surface area contributed by atoms with E-state index in [1.807, 2.05) is 0 Å². The maximum absolute atomic E-state index is 12.0. The number of anilines is 1. The molecule has 0 bridgehead atoms. The summed E-state index contributed by atoms with van der Waals surface area (Å²) in [5.74, 6) is 0.682. The molecule has 0 fully saturated rings. The summed E-state index contributed by atoms with van der Waals surface area (Å²) in [4.78, 5) is 22.3. The molecule has 0 saturated carbocycles. The van der Waals surface area contributed by atoms with E-state index in [4.69, 9.17) is 9.15 Å². The zero-order chi connectivity index (χ0) is 19.2. The molecule has 0 saturated heterocycles. The fourth-order valence-electron chi connectivity index (χ4n) is 2.14. The predicted octanol–water partition coefficient (Wildman–Crippen LogP) is 3.38. The molecule has 9 nitrogen and oxygen atoms in total. The van der Waals surface area contributed by atoms with Gasteiger partial charge in [-0.05, 0) is 30.3 Å². The number of nitrogens with one attached hydrogen (secondary N) is 1. The van der Waals surface area contributed by atoms with Crippen LogP contribution in [0.5, 0.6) is 5.75 Å². The zero-order valence-corrected chi connectivity index (χ0v) is 14.9. The van der Waals surface area contributed by atoms with Crippen molar-refractivity contribution in [2.75, 3.05) is 18.2 Å². The quantitative estimate of drug-likeness (QED) is 0.373. The molecule has 10 heteroatoms. The highest BCUT2D eigenvalue weighted by molar-refractivity contribution is 7.99. The number of nitro benzene ring substituents is 1. The van der Waals surface area contributed by atoms with E-state index in [9.17, 15) is 14.9 Å². The van der Waals surface area contributed by atoms with Gasteiger partial charge in [-0.2, -0.15) is 0 Å². The van der Waals surface area contributed by atoms with Crippen LogP contribution in [0.2, 0.25) is 0 Å². The molecule has 1 amide bonds. The number of methoxy groups -OCH3 is 1. The van der Waals surface area contributed by atoms with Crippen LogP contribution >= 0.6 is 11.8 Å². The Bertz CT molecular complexity index is 958. The number of hydrogen-bond donors (Lipinski definition) is 1. The minimum atomic E-state index is -0.501. The lowest BCUT2D eigenvalue weighted by atomic mass is 10.2. The largest absolute Gasteiger partial charge is 0.497 e. The van der Waals surface area contributed by atoms with Gasteiger partial charge in [-0.15, -0.1) is 10.2 Å². The van der Waals surface area contributed by atoms with Crippen LogP contribution in [0.15, 0.2) is 58.2 Å². The van der Waals surface area contributed by atoms with Crippen LogP contribution in [0.1, 0.15) is 0 Å². The van der Waals surface area contributed by atoms with Gasteiger partial charge in [0.05, 0.1) is 17.8 Å². The molecule has 1 aromatic heterocycles. The fourth-order valence-corrected chi connectivity index (χ4v) is 2.70. The first-order valence-electron chi connectivity index (χ1n) is 7.70. The van der Waals surface area contributed by atoms with Crippen molar-refractivity contribution in [2.24, 2.45) is 0 Å². The number of benzene rings is 2. The van der Waals surface area contributed by atoms with Crippen LogP contribution in [-0.2, 0) is 4.79 Å². The second-order valence-electron chi connectivity index (χ2n) is 5.25. The van der Waals surface area contributed by atoms with Crippen molar-refractivity contribution in [2.45, 2.75) is 5.22 Å². The van der Waals surface area contributed by atoms with Gasteiger partial charge >= 0.3 is 0 Å². The molecular weight excluding hydrogens is 372 g/mol. The van der Waals surface area contributed by atoms with Gasteiger partial charge in [0.2, 0.25) is 11.8 Å². The van der Waals surface area contributed by atoms with Gasteiger partial charge in [-0.3, -0.25) is 14.9 Å². The van der Waals surface area contributed by atoms with E-state index in [0.717, 1.165) is 11.8 Å². The number of aromatic nitrogens is 2. The van der Waals surface area contributed by atoms with E-state index in [1.165, 1.54) is 18.2 Å². The first kappa shape index (κ1) is 18.4. The molecule has 0 radical (unpaired) electrons. The van der Waals surface area contributed by atoms with Gasteiger partial charge in [-0.25, -0.2) is 0 Å². The normalized spacial score (nSPS) is 10.4. The summed E-state index contributed by atoms with van der Waals surface area (Å²) in [7, 11) is 1.57. The van der Waals surface area contributed by atoms with Crippen molar-refractivity contribution in [1.29, 1.82) is 0 Å². The molecule has 1 N–H and O–H groups in total. The zero-order valence-electron chi connectivity index (χ0n) is 14.1. The highest BCUT2D eigenvalue weighted by Gasteiger charge is 2.14. The summed E-state index contributed by atoms with van der Waals surface area (Å²) in [6.45, 7) is 0. The van der Waals surface area contributed by atoms with Crippen molar-refractivity contribution in [3.8, 4) is 17.2 Å². The Balaban J connectivity index is 1.58. The van der Waals surface area contributed by atoms with E-state index in [0.29, 0.717) is 17.0 Å². The number of amides is 1. The Kier molecular flexibility index (Phi) is 5.67. The number of carbonyl (C=O) groups excluding carboxylic acids is 1. The summed E-state index contributed by atoms with van der Waals surface area (Å²) in [5, 5.41) is 21.5. The number of non-ortho nitro benzene ring substituents is 1. The Morgan fingerprint density at radius 1 is 1.26 bits per heavy atom. The number of nitro groups is 1. The highest BCUT2D eigenvalue weighted by atomic mass is 32.2. The van der Waals surface area contributed by atoms with Crippen molar-refractivity contribution in [3.05, 3.63) is 58.6 Å². The van der Waals surface area contributed by atoms with E-state index < -0.39 is 4.92 Å². The second kappa shape index (κ2) is 8.32. The minimum Gasteiger partial charge on any atom is -0.497 e. The molecule has 0 atom stereocenters. The van der Waals surface area contributed by atoms with Crippen LogP contribution in [0.4, 0.5) is 11.4 Å². The highest BCUT2D eigenvalue weighted by Crippen LogP contribution is 2.26. The number of rotatable bonds is 7. The molecule has 3 aromatic rings. The minimum absolute atomic E-state index is 0.0706. The number of hydrogen-bond acceptors (Lipinski definition) is 8. The Morgan fingerprint density at radius 2 is 2.04 bits per heavy atom. The molecule has 0 aliphatic rings. The number of thioether (sulfide) groups is 1. The molecule has 138 valence electrons. The van der Waals surface area contributed by atoms with Gasteiger partial charge in [0.1, 0.15) is 5.75 Å². The second-order valence-corrected chi connectivity index (χ2v) is 6.17. The molecule has 3 rings (SSSR count). The van der Waals surface area contributed by atoms with Crippen LogP contribution in [0, 0.1) is 10.1 Å². The topological polar surface area (TPSA) is 120 Å². The van der Waals surface area contributed by atoms with Crippen LogP contribution in [-0.4, -0.2) is 33.9 Å². The fraction of sp³-hybridized carbons (Fsp3) is 0.118. The van der Waals surface area contributed by atoms with E-state index in [1.54, 1.807) is 37.4 Å². The van der Waals surface area contributed by atoms with Crippen molar-refractivity contribution in [1.82, 2.24) is 10.2 Å². The average molecular weight is 386 g/mol. The van der Waals surface area contributed by atoms with E-state index >= 15 is 0 Å². The summed E-state index contributed by atoms with van der Waals surface area (Å²) in [6, 6.07) is 12.8. The first-order chi connectivity index (χ1) is 13.0. The van der Waals surface area contributed by atoms with Crippen molar-refractivity contribution >= 4 is 29.0 Å². The molecule has 0 unspecified atom stereocenters. The molecule has 27 heavy (non-hydrogen) atoms. The Hall–Kier alpha value is -3.40. The summed E-state index contributed by atoms with van der Waals surface area (Å²) in [5.41, 5.74) is 1.01. The summed E-state index contributed by atoms with van der Waals surface area (Å²) >= 11 is 1.07. The molecule has 1 heterocycles. The molecule has 0 spiro atoms. The summed E-state index contributed by atoms with van der Waals surface area (Å²) < 4.78 is 10.5. The predicted molar refractivity (Wildman–Crippen MR) is 98.7 cm³/mol. The van der Waals surface area contributed by atoms with E-state index in [-0.39, 0.29) is 28.5 Å². The first-order valence-corrected chi connectivity index (χ1v) is 8.69. The lowest BCUT2D eigenvalue weighted by molar-refractivity contribution is -0.384. The summed E-state index contributed by atoms with van der Waals surface area (Å²) in [6.07, 6.45) is 0. The molecule has 0 aliphatic heterocycles. The number of nitrogens with zero attached hydrogens (tertiary/aromatic N) is 3. The van der Waals surface area contributed by atoms with Crippen LogP contribution in [0.25, 0.3) is 11.5 Å². The van der Waals surface area contributed by atoms with Gasteiger partial charge in [0.15, 0.2) is 0 Å². The Morgan fingerprint density at radius 3 is 2.74 bits per heavy atom. The lowest BCUT2D eigenvalue weighted by Gasteiger charge is -2.05. The maximum Gasteiger partial charge on any atom is 0.277 e. The molecule has 2 aromatic carbocycles. The van der Waals surface area contributed by atoms with Gasteiger partial charge in [0, 0.05) is 23.4 Å². The van der Waals surface area contributed by atoms with E-state index in [2.05, 4.69) is 15.5 Å². The Labute approximate surface area is 157 Å². The molecular formula is C17H14N4O5S. The SMILES string of the molecule is COc1ccc(NC(=O)CSc2nnc(-c3cccc([N+](=O)[O-])c3)o2)cc1. The van der Waals surface area contributed by atoms with Gasteiger partial charge in [-0.1, -0.05) is 17.8 Å².